The topological polar surface area (TPSA) is 29.1 Å². The first-order chi connectivity index (χ1) is 7.02. The Labute approximate surface area is 110 Å². The van der Waals surface area contributed by atoms with Crippen molar-refractivity contribution in [1.82, 2.24) is 5.32 Å². The van der Waals surface area contributed by atoms with E-state index in [1.807, 2.05) is 0 Å². The summed E-state index contributed by atoms with van der Waals surface area (Å²) in [7, 11) is 0. The summed E-state index contributed by atoms with van der Waals surface area (Å²) in [6.07, 6.45) is 0. The zero-order chi connectivity index (χ0) is 11.4. The summed E-state index contributed by atoms with van der Waals surface area (Å²) in [5.41, 5.74) is 0.444. The third-order valence-electron chi connectivity index (χ3n) is 1.64. The van der Waals surface area contributed by atoms with Crippen LogP contribution < -0.4 is 5.32 Å². The van der Waals surface area contributed by atoms with Crippen LogP contribution >= 0.6 is 43.5 Å². The predicted molar refractivity (Wildman–Crippen MR) is 69.6 cm³/mol. The summed E-state index contributed by atoms with van der Waals surface area (Å²) in [6, 6.07) is 5.20. The average molecular weight is 353 g/mol. The molecule has 1 N–H and O–H groups in total. The van der Waals surface area contributed by atoms with Crippen LogP contribution in [-0.2, 0) is 0 Å². The SMILES string of the molecule is C=C(Br)CNC(=O)c1cccc(Br)c1Cl. The van der Waals surface area contributed by atoms with Crippen molar-refractivity contribution < 1.29 is 4.79 Å². The number of amides is 1. The molecule has 1 amide bonds. The highest BCUT2D eigenvalue weighted by molar-refractivity contribution is 9.11. The van der Waals surface area contributed by atoms with Crippen LogP contribution in [0.1, 0.15) is 10.4 Å². The second-order valence-corrected chi connectivity index (χ2v) is 5.16. The summed E-state index contributed by atoms with van der Waals surface area (Å²) in [6.45, 7) is 4.00. The molecule has 15 heavy (non-hydrogen) atoms. The van der Waals surface area contributed by atoms with Gasteiger partial charge in [0.2, 0.25) is 0 Å². The number of nitrogens with one attached hydrogen (secondary N) is 1. The first kappa shape index (κ1) is 12.7. The summed E-state index contributed by atoms with van der Waals surface area (Å²) < 4.78 is 1.41. The first-order valence-electron chi connectivity index (χ1n) is 4.08. The van der Waals surface area contributed by atoms with E-state index in [1.165, 1.54) is 0 Å². The zero-order valence-corrected chi connectivity index (χ0v) is 11.6. The maximum absolute atomic E-state index is 11.6. The standard InChI is InChI=1S/C10H8Br2ClNO/c1-6(11)5-14-10(15)7-3-2-4-8(12)9(7)13/h2-4H,1,5H2,(H,14,15). The van der Waals surface area contributed by atoms with E-state index in [9.17, 15) is 4.79 Å². The van der Waals surface area contributed by atoms with Crippen LogP contribution in [0.3, 0.4) is 0 Å². The molecule has 0 spiro atoms. The van der Waals surface area contributed by atoms with Crippen LogP contribution in [-0.4, -0.2) is 12.5 Å². The smallest absolute Gasteiger partial charge is 0.253 e. The van der Waals surface area contributed by atoms with E-state index < -0.39 is 0 Å². The molecule has 0 bridgehead atoms. The molecule has 0 radical (unpaired) electrons. The third kappa shape index (κ3) is 3.63. The van der Waals surface area contributed by atoms with Crippen LogP contribution in [0.5, 0.6) is 0 Å². The highest BCUT2D eigenvalue weighted by Gasteiger charge is 2.11. The third-order valence-corrected chi connectivity index (χ3v) is 3.21. The number of hydrogen-bond acceptors (Lipinski definition) is 1. The van der Waals surface area contributed by atoms with Gasteiger partial charge in [-0.05, 0) is 28.1 Å². The second kappa shape index (κ2) is 5.68. The lowest BCUT2D eigenvalue weighted by Gasteiger charge is -2.06. The van der Waals surface area contributed by atoms with Crippen molar-refractivity contribution in [3.63, 3.8) is 0 Å². The number of carbonyl (C=O) groups excluding carboxylic acids is 1. The predicted octanol–water partition coefficient (Wildman–Crippen LogP) is 3.74. The molecule has 0 aliphatic rings. The van der Waals surface area contributed by atoms with Gasteiger partial charge in [0.05, 0.1) is 10.6 Å². The Kier molecular flexibility index (Phi) is 4.83. The molecule has 5 heteroatoms. The van der Waals surface area contributed by atoms with E-state index in [2.05, 4.69) is 43.8 Å². The normalized spacial score (nSPS) is 9.80. The van der Waals surface area contributed by atoms with Gasteiger partial charge in [0, 0.05) is 15.5 Å². The van der Waals surface area contributed by atoms with Gasteiger partial charge in [0.25, 0.3) is 5.91 Å². The molecule has 1 aromatic rings. The summed E-state index contributed by atoms with van der Waals surface area (Å²) in [4.78, 5) is 11.6. The summed E-state index contributed by atoms with van der Waals surface area (Å²) in [5, 5.41) is 3.09. The maximum atomic E-state index is 11.6. The van der Waals surface area contributed by atoms with Crippen molar-refractivity contribution in [2.45, 2.75) is 0 Å². The number of benzene rings is 1. The molecule has 0 atom stereocenters. The molecule has 80 valence electrons. The van der Waals surface area contributed by atoms with Crippen molar-refractivity contribution in [1.29, 1.82) is 0 Å². The van der Waals surface area contributed by atoms with Gasteiger partial charge < -0.3 is 5.32 Å². The Balaban J connectivity index is 2.82. The highest BCUT2D eigenvalue weighted by atomic mass is 79.9. The van der Waals surface area contributed by atoms with Crippen LogP contribution in [0, 0.1) is 0 Å². The number of carbonyl (C=O) groups is 1. The first-order valence-corrected chi connectivity index (χ1v) is 6.04. The van der Waals surface area contributed by atoms with Gasteiger partial charge in [-0.1, -0.05) is 40.2 Å². The van der Waals surface area contributed by atoms with Crippen molar-refractivity contribution >= 4 is 49.4 Å². The van der Waals surface area contributed by atoms with E-state index >= 15 is 0 Å². The van der Waals surface area contributed by atoms with Crippen LogP contribution in [0.2, 0.25) is 5.02 Å². The largest absolute Gasteiger partial charge is 0.347 e. The molecular weight excluding hydrogens is 345 g/mol. The lowest BCUT2D eigenvalue weighted by Crippen LogP contribution is -2.24. The fraction of sp³-hybridized carbons (Fsp3) is 0.100. The Bertz CT molecular complexity index is 406. The molecule has 0 aromatic heterocycles. The van der Waals surface area contributed by atoms with Gasteiger partial charge in [-0.15, -0.1) is 0 Å². The maximum Gasteiger partial charge on any atom is 0.253 e. The van der Waals surface area contributed by atoms with Gasteiger partial charge in [0.1, 0.15) is 0 Å². The fourth-order valence-corrected chi connectivity index (χ4v) is 1.67. The van der Waals surface area contributed by atoms with Gasteiger partial charge in [-0.2, -0.15) is 0 Å². The van der Waals surface area contributed by atoms with Crippen LogP contribution in [0.4, 0.5) is 0 Å². The number of rotatable bonds is 3. The molecule has 0 heterocycles. The van der Waals surface area contributed by atoms with Crippen molar-refractivity contribution in [3.05, 3.63) is 44.3 Å². The number of halogens is 3. The second-order valence-electron chi connectivity index (χ2n) is 2.80. The number of hydrogen-bond donors (Lipinski definition) is 1. The van der Waals surface area contributed by atoms with Crippen LogP contribution in [0.15, 0.2) is 33.7 Å². The Morgan fingerprint density at radius 3 is 2.80 bits per heavy atom. The molecule has 2 nitrogen and oxygen atoms in total. The lowest BCUT2D eigenvalue weighted by molar-refractivity contribution is 0.0958. The van der Waals surface area contributed by atoms with Crippen molar-refractivity contribution in [2.75, 3.05) is 6.54 Å². The van der Waals surface area contributed by atoms with E-state index in [0.717, 1.165) is 0 Å². The van der Waals surface area contributed by atoms with Gasteiger partial charge in [-0.25, -0.2) is 0 Å². The summed E-state index contributed by atoms with van der Waals surface area (Å²) >= 11 is 12.4. The molecule has 0 unspecified atom stereocenters. The minimum atomic E-state index is -0.220. The van der Waals surface area contributed by atoms with Gasteiger partial charge >= 0.3 is 0 Å². The quantitative estimate of drug-likeness (QED) is 0.881. The van der Waals surface area contributed by atoms with Gasteiger partial charge in [0.15, 0.2) is 0 Å². The highest BCUT2D eigenvalue weighted by Crippen LogP contribution is 2.25. The van der Waals surface area contributed by atoms with E-state index in [0.29, 0.717) is 26.1 Å². The minimum Gasteiger partial charge on any atom is -0.347 e. The Morgan fingerprint density at radius 1 is 1.53 bits per heavy atom. The lowest BCUT2D eigenvalue weighted by atomic mass is 10.2. The monoisotopic (exact) mass is 351 g/mol. The van der Waals surface area contributed by atoms with E-state index in [4.69, 9.17) is 11.6 Å². The average Bonchev–Trinajstić information content (AvgIpc) is 2.18. The molecule has 1 aromatic carbocycles. The van der Waals surface area contributed by atoms with Gasteiger partial charge in [-0.3, -0.25) is 4.79 Å². The molecule has 0 aliphatic carbocycles. The Hall–Kier alpha value is -0.320. The van der Waals surface area contributed by atoms with E-state index in [-0.39, 0.29) is 5.91 Å². The van der Waals surface area contributed by atoms with Crippen molar-refractivity contribution in [2.24, 2.45) is 0 Å². The molecule has 0 aliphatic heterocycles. The Morgan fingerprint density at radius 2 is 2.20 bits per heavy atom. The molecule has 1 rings (SSSR count). The molecule has 0 saturated carbocycles. The molecule has 0 fully saturated rings. The zero-order valence-electron chi connectivity index (χ0n) is 7.69. The minimum absolute atomic E-state index is 0.220. The molecule has 0 saturated heterocycles. The van der Waals surface area contributed by atoms with E-state index in [1.54, 1.807) is 18.2 Å². The van der Waals surface area contributed by atoms with Crippen LogP contribution in [0.25, 0.3) is 0 Å². The summed E-state index contributed by atoms with van der Waals surface area (Å²) in [5.74, 6) is -0.220. The fourth-order valence-electron chi connectivity index (χ4n) is 0.951. The van der Waals surface area contributed by atoms with Crippen molar-refractivity contribution in [3.8, 4) is 0 Å². The molecular formula is C10H8Br2ClNO.